The first kappa shape index (κ1) is 26.2. The SMILES string of the molecule is CN1CC(=O)N2[C@@H](Cc3ccc(O)cc3)C(=O)N(Cc3cccc(F)c3)C[C@@H]2N1C(=O)NCc1ccccc1. The van der Waals surface area contributed by atoms with Gasteiger partial charge in [-0.3, -0.25) is 9.59 Å². The summed E-state index contributed by atoms with van der Waals surface area (Å²) in [5.41, 5.74) is 2.29. The summed E-state index contributed by atoms with van der Waals surface area (Å²) in [5, 5.41) is 15.7. The molecule has 0 spiro atoms. The molecule has 2 aliphatic heterocycles. The number of amides is 4. The number of halogens is 1. The van der Waals surface area contributed by atoms with Crippen LogP contribution < -0.4 is 5.32 Å². The number of urea groups is 1. The van der Waals surface area contributed by atoms with Crippen molar-refractivity contribution in [2.45, 2.75) is 31.7 Å². The second kappa shape index (κ2) is 11.1. The molecule has 0 radical (unpaired) electrons. The number of phenols is 1. The number of nitrogens with one attached hydrogen (secondary N) is 1. The average Bonchev–Trinajstić information content (AvgIpc) is 2.91. The molecule has 0 aliphatic carbocycles. The van der Waals surface area contributed by atoms with E-state index in [1.165, 1.54) is 34.2 Å². The van der Waals surface area contributed by atoms with Gasteiger partial charge in [-0.05, 0) is 41.0 Å². The Morgan fingerprint density at radius 1 is 0.974 bits per heavy atom. The van der Waals surface area contributed by atoms with E-state index in [9.17, 15) is 23.9 Å². The number of piperazine rings is 1. The molecule has 0 bridgehead atoms. The van der Waals surface area contributed by atoms with Gasteiger partial charge in [0.2, 0.25) is 11.8 Å². The number of carbonyl (C=O) groups excluding carboxylic acids is 3. The normalized spacial score (nSPS) is 19.7. The van der Waals surface area contributed by atoms with Crippen molar-refractivity contribution in [2.24, 2.45) is 0 Å². The van der Waals surface area contributed by atoms with Crippen LogP contribution in [-0.4, -0.2) is 75.1 Å². The second-order valence-corrected chi connectivity index (χ2v) is 9.82. The van der Waals surface area contributed by atoms with Gasteiger partial charge in [0.15, 0.2) is 0 Å². The van der Waals surface area contributed by atoms with E-state index in [1.807, 2.05) is 30.3 Å². The maximum atomic E-state index is 13.9. The van der Waals surface area contributed by atoms with Crippen molar-refractivity contribution in [3.05, 3.63) is 101 Å². The highest BCUT2D eigenvalue weighted by molar-refractivity contribution is 5.91. The molecule has 4 amide bonds. The quantitative estimate of drug-likeness (QED) is 0.510. The number of likely N-dealkylation sites (N-methyl/N-ethyl adjacent to an activating group) is 1. The monoisotopic (exact) mass is 531 g/mol. The van der Waals surface area contributed by atoms with E-state index in [2.05, 4.69) is 5.32 Å². The van der Waals surface area contributed by atoms with Gasteiger partial charge in [0, 0.05) is 26.6 Å². The van der Waals surface area contributed by atoms with Crippen molar-refractivity contribution in [2.75, 3.05) is 20.1 Å². The molecular weight excluding hydrogens is 501 g/mol. The number of aromatic hydroxyl groups is 1. The molecule has 202 valence electrons. The zero-order chi connectivity index (χ0) is 27.5. The van der Waals surface area contributed by atoms with Crippen molar-refractivity contribution < 1.29 is 23.9 Å². The Labute approximate surface area is 226 Å². The fourth-order valence-corrected chi connectivity index (χ4v) is 5.21. The second-order valence-electron chi connectivity index (χ2n) is 9.82. The number of hydrogen-bond donors (Lipinski definition) is 2. The minimum Gasteiger partial charge on any atom is -0.508 e. The highest BCUT2D eigenvalue weighted by atomic mass is 19.1. The third-order valence-electron chi connectivity index (χ3n) is 7.06. The molecule has 2 N–H and O–H groups in total. The van der Waals surface area contributed by atoms with Crippen molar-refractivity contribution in [1.82, 2.24) is 25.1 Å². The Balaban J connectivity index is 1.46. The van der Waals surface area contributed by atoms with Gasteiger partial charge in [0.05, 0.1) is 13.1 Å². The number of nitrogens with zero attached hydrogens (tertiary/aromatic N) is 4. The summed E-state index contributed by atoms with van der Waals surface area (Å²) < 4.78 is 13.9. The van der Waals surface area contributed by atoms with Crippen LogP contribution in [0.5, 0.6) is 5.75 Å². The number of hydrogen-bond acceptors (Lipinski definition) is 5. The number of fused-ring (bicyclic) bond motifs is 1. The molecule has 0 aromatic heterocycles. The van der Waals surface area contributed by atoms with Crippen molar-refractivity contribution in [1.29, 1.82) is 0 Å². The number of hydrazine groups is 1. The molecule has 2 heterocycles. The van der Waals surface area contributed by atoms with E-state index in [-0.39, 0.29) is 43.6 Å². The maximum Gasteiger partial charge on any atom is 0.334 e. The van der Waals surface area contributed by atoms with Crippen LogP contribution in [0.1, 0.15) is 16.7 Å². The van der Waals surface area contributed by atoms with Crippen LogP contribution in [0.2, 0.25) is 0 Å². The lowest BCUT2D eigenvalue weighted by molar-refractivity contribution is -0.187. The molecule has 2 aliphatic rings. The number of rotatable bonds is 6. The van der Waals surface area contributed by atoms with E-state index < -0.39 is 24.1 Å². The van der Waals surface area contributed by atoms with E-state index in [0.29, 0.717) is 12.1 Å². The van der Waals surface area contributed by atoms with Gasteiger partial charge >= 0.3 is 6.03 Å². The molecule has 39 heavy (non-hydrogen) atoms. The standard InChI is InChI=1S/C29H30FN5O4/c1-32-19-27(37)34-25(15-20-10-12-24(36)13-11-20)28(38)33(17-22-8-5-9-23(30)14-22)18-26(34)35(32)29(39)31-16-21-6-3-2-4-7-21/h2-14,25-26,36H,15-19H2,1H3,(H,31,39)/t25-,26-/m0/s1. The third-order valence-corrected chi connectivity index (χ3v) is 7.06. The first-order valence-corrected chi connectivity index (χ1v) is 12.7. The number of benzene rings is 3. The molecule has 9 nitrogen and oxygen atoms in total. The van der Waals surface area contributed by atoms with Crippen LogP contribution in [-0.2, 0) is 29.1 Å². The van der Waals surface area contributed by atoms with Crippen molar-refractivity contribution in [3.63, 3.8) is 0 Å². The van der Waals surface area contributed by atoms with Gasteiger partial charge in [0.25, 0.3) is 0 Å². The summed E-state index contributed by atoms with van der Waals surface area (Å²) >= 11 is 0. The van der Waals surface area contributed by atoms with Crippen LogP contribution in [0.4, 0.5) is 9.18 Å². The first-order chi connectivity index (χ1) is 18.8. The van der Waals surface area contributed by atoms with E-state index >= 15 is 0 Å². The van der Waals surface area contributed by atoms with E-state index in [0.717, 1.165) is 11.1 Å². The molecule has 10 heteroatoms. The largest absolute Gasteiger partial charge is 0.508 e. The van der Waals surface area contributed by atoms with Gasteiger partial charge in [-0.2, -0.15) is 0 Å². The molecule has 3 aromatic rings. The summed E-state index contributed by atoms with van der Waals surface area (Å²) in [6, 6.07) is 20.7. The fraction of sp³-hybridized carbons (Fsp3) is 0.276. The Bertz CT molecular complexity index is 1350. The van der Waals surface area contributed by atoms with Gasteiger partial charge in [-0.25, -0.2) is 19.2 Å². The fourth-order valence-electron chi connectivity index (χ4n) is 5.21. The van der Waals surface area contributed by atoms with Gasteiger partial charge < -0.3 is 20.2 Å². The Morgan fingerprint density at radius 2 is 1.69 bits per heavy atom. The minimum absolute atomic E-state index is 0.0657. The van der Waals surface area contributed by atoms with Crippen molar-refractivity contribution >= 4 is 17.8 Å². The molecule has 2 atom stereocenters. The van der Waals surface area contributed by atoms with Gasteiger partial charge in [0.1, 0.15) is 23.8 Å². The predicted octanol–water partition coefficient (Wildman–Crippen LogP) is 2.71. The van der Waals surface area contributed by atoms with E-state index in [4.69, 9.17) is 0 Å². The topological polar surface area (TPSA) is 96.4 Å². The zero-order valence-electron chi connectivity index (χ0n) is 21.5. The Hall–Kier alpha value is -4.44. The van der Waals surface area contributed by atoms with Gasteiger partial charge in [-0.1, -0.05) is 54.6 Å². The van der Waals surface area contributed by atoms with Crippen molar-refractivity contribution in [3.8, 4) is 5.75 Å². The molecule has 0 saturated carbocycles. The maximum absolute atomic E-state index is 13.9. The first-order valence-electron chi connectivity index (χ1n) is 12.7. The average molecular weight is 532 g/mol. The highest BCUT2D eigenvalue weighted by Crippen LogP contribution is 2.29. The lowest BCUT2D eigenvalue weighted by Gasteiger charge is -2.54. The molecule has 3 aromatic carbocycles. The molecule has 2 saturated heterocycles. The molecule has 5 rings (SSSR count). The summed E-state index contributed by atoms with van der Waals surface area (Å²) in [6.45, 7) is 0.423. The highest BCUT2D eigenvalue weighted by Gasteiger charge is 2.50. The van der Waals surface area contributed by atoms with Crippen LogP contribution in [0.3, 0.4) is 0 Å². The molecule has 2 fully saturated rings. The Kier molecular flexibility index (Phi) is 7.47. The third kappa shape index (κ3) is 5.70. The summed E-state index contributed by atoms with van der Waals surface area (Å²) in [5.74, 6) is -0.867. The Morgan fingerprint density at radius 3 is 2.41 bits per heavy atom. The summed E-state index contributed by atoms with van der Waals surface area (Å²) in [4.78, 5) is 43.7. The molecular formula is C29H30FN5O4. The number of phenolic OH excluding ortho intramolecular Hbond substituents is 1. The lowest BCUT2D eigenvalue weighted by atomic mass is 9.98. The number of carbonyl (C=O) groups is 3. The lowest BCUT2D eigenvalue weighted by Crippen LogP contribution is -2.76. The predicted molar refractivity (Wildman–Crippen MR) is 141 cm³/mol. The smallest absolute Gasteiger partial charge is 0.334 e. The molecule has 0 unspecified atom stereocenters. The van der Waals surface area contributed by atoms with E-state index in [1.54, 1.807) is 41.2 Å². The summed E-state index contributed by atoms with van der Waals surface area (Å²) in [6.07, 6.45) is -0.565. The minimum atomic E-state index is -0.882. The summed E-state index contributed by atoms with van der Waals surface area (Å²) in [7, 11) is 1.67. The van der Waals surface area contributed by atoms with Crippen LogP contribution in [0.15, 0.2) is 78.9 Å². The van der Waals surface area contributed by atoms with Crippen LogP contribution >= 0.6 is 0 Å². The van der Waals surface area contributed by atoms with Gasteiger partial charge in [-0.15, -0.1) is 0 Å². The zero-order valence-corrected chi connectivity index (χ0v) is 21.5. The van der Waals surface area contributed by atoms with Crippen LogP contribution in [0, 0.1) is 5.82 Å². The van der Waals surface area contributed by atoms with Crippen LogP contribution in [0.25, 0.3) is 0 Å².